The average Bonchev–Trinajstić information content (AvgIpc) is 2.67. The van der Waals surface area contributed by atoms with E-state index in [9.17, 15) is 9.59 Å². The van der Waals surface area contributed by atoms with Crippen LogP contribution in [0.15, 0.2) is 48.5 Å². The summed E-state index contributed by atoms with van der Waals surface area (Å²) in [6.07, 6.45) is 1.27. The zero-order valence-electron chi connectivity index (χ0n) is 15.1. The van der Waals surface area contributed by atoms with Crippen LogP contribution in [0.1, 0.15) is 29.2 Å². The molecule has 2 aromatic rings. The molecule has 140 valence electrons. The Morgan fingerprint density at radius 1 is 1.11 bits per heavy atom. The van der Waals surface area contributed by atoms with Crippen LogP contribution in [-0.4, -0.2) is 35.9 Å². The van der Waals surface area contributed by atoms with Gasteiger partial charge in [0.2, 0.25) is 11.8 Å². The number of para-hydroxylation sites is 1. The first-order valence-corrected chi connectivity index (χ1v) is 9.23. The third kappa shape index (κ3) is 3.66. The molecule has 0 saturated carbocycles. The summed E-state index contributed by atoms with van der Waals surface area (Å²) in [5.41, 5.74) is 8.86. The van der Waals surface area contributed by atoms with Crippen molar-refractivity contribution < 1.29 is 14.3 Å². The van der Waals surface area contributed by atoms with Crippen LogP contribution >= 0.6 is 0 Å². The van der Waals surface area contributed by atoms with Gasteiger partial charge in [-0.1, -0.05) is 42.5 Å². The molecule has 0 radical (unpaired) electrons. The molecule has 0 saturated heterocycles. The molecule has 2 aliphatic rings. The van der Waals surface area contributed by atoms with Gasteiger partial charge in [-0.25, -0.2) is 0 Å². The summed E-state index contributed by atoms with van der Waals surface area (Å²) >= 11 is 0. The van der Waals surface area contributed by atoms with Crippen LogP contribution in [0.5, 0.6) is 5.75 Å². The topological polar surface area (TPSA) is 84.7 Å². The smallest absolute Gasteiger partial charge is 0.235 e. The van der Waals surface area contributed by atoms with E-state index in [0.29, 0.717) is 19.6 Å². The van der Waals surface area contributed by atoms with Gasteiger partial charge < -0.3 is 15.8 Å². The molecule has 3 N–H and O–H groups in total. The number of nitrogens with two attached hydrogens (primary N) is 1. The Morgan fingerprint density at radius 2 is 1.85 bits per heavy atom. The fourth-order valence-corrected chi connectivity index (χ4v) is 3.94. The van der Waals surface area contributed by atoms with Crippen molar-refractivity contribution in [1.29, 1.82) is 0 Å². The number of carbonyl (C=O) groups excluding carboxylic acids is 2. The van der Waals surface area contributed by atoms with Crippen LogP contribution in [0.2, 0.25) is 0 Å². The second-order valence-electron chi connectivity index (χ2n) is 7.09. The van der Waals surface area contributed by atoms with Gasteiger partial charge in [-0.3, -0.25) is 14.5 Å². The molecule has 0 spiro atoms. The molecule has 2 atom stereocenters. The molecule has 6 nitrogen and oxygen atoms in total. The first-order chi connectivity index (χ1) is 13.1. The van der Waals surface area contributed by atoms with Gasteiger partial charge in [-0.05, 0) is 23.6 Å². The molecular weight excluding hydrogens is 342 g/mol. The Morgan fingerprint density at radius 3 is 2.67 bits per heavy atom. The van der Waals surface area contributed by atoms with E-state index in [1.54, 1.807) is 0 Å². The van der Waals surface area contributed by atoms with Crippen LogP contribution in [0.4, 0.5) is 0 Å². The first-order valence-electron chi connectivity index (χ1n) is 9.23. The van der Waals surface area contributed by atoms with Gasteiger partial charge in [0.25, 0.3) is 0 Å². The summed E-state index contributed by atoms with van der Waals surface area (Å²) in [6, 6.07) is 15.2. The van der Waals surface area contributed by atoms with Crippen molar-refractivity contribution in [3.8, 4) is 5.75 Å². The number of rotatable bonds is 4. The van der Waals surface area contributed by atoms with Gasteiger partial charge in [0.15, 0.2) is 0 Å². The molecule has 1 unspecified atom stereocenters. The maximum Gasteiger partial charge on any atom is 0.235 e. The predicted octanol–water partition coefficient (Wildman–Crippen LogP) is 1.54. The van der Waals surface area contributed by atoms with Gasteiger partial charge >= 0.3 is 0 Å². The van der Waals surface area contributed by atoms with E-state index in [1.165, 1.54) is 0 Å². The Bertz CT molecular complexity index is 867. The van der Waals surface area contributed by atoms with Crippen molar-refractivity contribution in [2.24, 2.45) is 5.73 Å². The molecule has 4 rings (SSSR count). The molecule has 0 aromatic heterocycles. The number of ether oxygens (including phenoxy) is 1. The lowest BCUT2D eigenvalue weighted by Gasteiger charge is -2.35. The van der Waals surface area contributed by atoms with Crippen LogP contribution in [0.3, 0.4) is 0 Å². The van der Waals surface area contributed by atoms with Crippen molar-refractivity contribution in [2.75, 3.05) is 13.2 Å². The third-order valence-electron chi connectivity index (χ3n) is 5.31. The fraction of sp³-hybridized carbons (Fsp3) is 0.333. The van der Waals surface area contributed by atoms with Crippen molar-refractivity contribution in [3.63, 3.8) is 0 Å². The number of benzene rings is 2. The quantitative estimate of drug-likeness (QED) is 0.861. The molecule has 0 aliphatic carbocycles. The number of carbonyl (C=O) groups is 2. The van der Waals surface area contributed by atoms with E-state index < -0.39 is 11.9 Å². The Balaban J connectivity index is 1.47. The van der Waals surface area contributed by atoms with Crippen molar-refractivity contribution in [2.45, 2.75) is 31.5 Å². The number of nitrogens with one attached hydrogen (secondary N) is 1. The maximum absolute atomic E-state index is 12.7. The van der Waals surface area contributed by atoms with E-state index in [2.05, 4.69) is 5.32 Å². The fourth-order valence-electron chi connectivity index (χ4n) is 3.94. The molecule has 2 heterocycles. The molecule has 2 amide bonds. The van der Waals surface area contributed by atoms with Gasteiger partial charge in [-0.2, -0.15) is 0 Å². The standard InChI is InChI=1S/C21H23N3O3/c22-21(26)18-11-14-5-1-2-6-15(14)12-24(18)13-20(25)23-17-9-10-27-19-8-4-3-7-16(17)19/h1-8,17-18H,9-13H2,(H2,22,26)(H,23,25)/t17?,18-/m0/s1. The van der Waals surface area contributed by atoms with Crippen LogP contribution in [0, 0.1) is 0 Å². The lowest BCUT2D eigenvalue weighted by Crippen LogP contribution is -2.52. The SMILES string of the molecule is NC(=O)[C@@H]1Cc2ccccc2CN1CC(=O)NC1CCOc2ccccc21. The minimum absolute atomic E-state index is 0.0773. The zero-order valence-corrected chi connectivity index (χ0v) is 15.1. The third-order valence-corrected chi connectivity index (χ3v) is 5.31. The number of nitrogens with zero attached hydrogens (tertiary/aromatic N) is 1. The summed E-state index contributed by atoms with van der Waals surface area (Å²) in [6.45, 7) is 1.26. The van der Waals surface area contributed by atoms with E-state index in [0.717, 1.165) is 28.9 Å². The highest BCUT2D eigenvalue weighted by Crippen LogP contribution is 2.31. The molecule has 2 aromatic carbocycles. The molecule has 0 bridgehead atoms. The van der Waals surface area contributed by atoms with E-state index >= 15 is 0 Å². The van der Waals surface area contributed by atoms with Gasteiger partial charge in [0, 0.05) is 18.5 Å². The van der Waals surface area contributed by atoms with Gasteiger partial charge in [0.1, 0.15) is 5.75 Å². The largest absolute Gasteiger partial charge is 0.493 e. The van der Waals surface area contributed by atoms with Crippen LogP contribution in [0.25, 0.3) is 0 Å². The van der Waals surface area contributed by atoms with Gasteiger partial charge in [-0.15, -0.1) is 0 Å². The molecule has 6 heteroatoms. The minimum Gasteiger partial charge on any atom is -0.493 e. The summed E-state index contributed by atoms with van der Waals surface area (Å²) in [5.74, 6) is 0.312. The predicted molar refractivity (Wildman–Crippen MR) is 101 cm³/mol. The number of hydrogen-bond acceptors (Lipinski definition) is 4. The lowest BCUT2D eigenvalue weighted by molar-refractivity contribution is -0.128. The Hall–Kier alpha value is -2.86. The molecule has 27 heavy (non-hydrogen) atoms. The first kappa shape index (κ1) is 17.5. The summed E-state index contributed by atoms with van der Waals surface area (Å²) in [4.78, 5) is 26.5. The Labute approximate surface area is 158 Å². The lowest BCUT2D eigenvalue weighted by atomic mass is 9.93. The van der Waals surface area contributed by atoms with E-state index in [1.807, 2.05) is 53.4 Å². The number of primary amides is 1. The number of amides is 2. The normalized spacial score (nSPS) is 21.5. The number of fused-ring (bicyclic) bond motifs is 2. The number of hydrogen-bond donors (Lipinski definition) is 2. The van der Waals surface area contributed by atoms with Crippen molar-refractivity contribution in [3.05, 3.63) is 65.2 Å². The average molecular weight is 365 g/mol. The summed E-state index contributed by atoms with van der Waals surface area (Å²) in [5, 5.41) is 3.09. The second-order valence-corrected chi connectivity index (χ2v) is 7.09. The highest BCUT2D eigenvalue weighted by molar-refractivity contribution is 5.83. The highest BCUT2D eigenvalue weighted by Gasteiger charge is 2.32. The van der Waals surface area contributed by atoms with Crippen molar-refractivity contribution >= 4 is 11.8 Å². The minimum atomic E-state index is -0.465. The van der Waals surface area contributed by atoms with Crippen LogP contribution in [-0.2, 0) is 22.6 Å². The molecular formula is C21H23N3O3. The van der Waals surface area contributed by atoms with Crippen LogP contribution < -0.4 is 15.8 Å². The van der Waals surface area contributed by atoms with E-state index in [-0.39, 0.29) is 18.5 Å². The Kier molecular flexibility index (Phi) is 4.81. The molecule has 2 aliphatic heterocycles. The van der Waals surface area contributed by atoms with Crippen molar-refractivity contribution in [1.82, 2.24) is 10.2 Å². The molecule has 0 fully saturated rings. The second kappa shape index (κ2) is 7.40. The summed E-state index contributed by atoms with van der Waals surface area (Å²) < 4.78 is 5.65. The highest BCUT2D eigenvalue weighted by atomic mass is 16.5. The van der Waals surface area contributed by atoms with Gasteiger partial charge in [0.05, 0.1) is 25.2 Å². The zero-order chi connectivity index (χ0) is 18.8. The maximum atomic E-state index is 12.7. The summed E-state index contributed by atoms with van der Waals surface area (Å²) in [7, 11) is 0. The monoisotopic (exact) mass is 365 g/mol. The van der Waals surface area contributed by atoms with E-state index in [4.69, 9.17) is 10.5 Å².